The van der Waals surface area contributed by atoms with Gasteiger partial charge in [-0.25, -0.2) is 9.18 Å². The van der Waals surface area contributed by atoms with Gasteiger partial charge in [0.2, 0.25) is 0 Å². The van der Waals surface area contributed by atoms with Crippen molar-refractivity contribution in [3.8, 4) is 0 Å². The van der Waals surface area contributed by atoms with E-state index in [0.29, 0.717) is 11.5 Å². The van der Waals surface area contributed by atoms with E-state index in [2.05, 4.69) is 4.90 Å². The average Bonchev–Trinajstić information content (AvgIpc) is 2.56. The van der Waals surface area contributed by atoms with Crippen LogP contribution in [0, 0.1) is 12.7 Å². The summed E-state index contributed by atoms with van der Waals surface area (Å²) in [6.07, 6.45) is 2.14. The van der Waals surface area contributed by atoms with Crippen LogP contribution in [0.2, 0.25) is 0 Å². The van der Waals surface area contributed by atoms with Crippen LogP contribution in [0.4, 0.5) is 4.39 Å². The maximum Gasteiger partial charge on any atom is 0.335 e. The molecule has 1 aliphatic heterocycles. The van der Waals surface area contributed by atoms with Crippen molar-refractivity contribution < 1.29 is 14.3 Å². The SMILES string of the molecule is Cc1cc(F)ccc1C1CCN(Cc2ccc(C(=O)O)cc2)CC1. The molecule has 0 bridgehead atoms. The number of hydrogen-bond donors (Lipinski definition) is 1. The fourth-order valence-electron chi connectivity index (χ4n) is 3.51. The third kappa shape index (κ3) is 3.82. The van der Waals surface area contributed by atoms with Crippen molar-refractivity contribution in [2.75, 3.05) is 13.1 Å². The number of carbonyl (C=O) groups is 1. The molecule has 0 saturated carbocycles. The van der Waals surface area contributed by atoms with Crippen LogP contribution in [0.15, 0.2) is 42.5 Å². The molecule has 1 N–H and O–H groups in total. The first-order valence-electron chi connectivity index (χ1n) is 8.33. The molecule has 1 heterocycles. The third-order valence-corrected chi connectivity index (χ3v) is 4.87. The van der Waals surface area contributed by atoms with Crippen LogP contribution in [0.1, 0.15) is 45.8 Å². The molecule has 2 aromatic carbocycles. The summed E-state index contributed by atoms with van der Waals surface area (Å²) in [5.74, 6) is -0.563. The fraction of sp³-hybridized carbons (Fsp3) is 0.350. The molecule has 1 aliphatic rings. The first-order chi connectivity index (χ1) is 11.5. The molecule has 0 unspecified atom stereocenters. The number of aromatic carboxylic acids is 1. The van der Waals surface area contributed by atoms with E-state index < -0.39 is 5.97 Å². The van der Waals surface area contributed by atoms with Gasteiger partial charge in [-0.2, -0.15) is 0 Å². The minimum absolute atomic E-state index is 0.168. The van der Waals surface area contributed by atoms with Gasteiger partial charge in [0, 0.05) is 6.54 Å². The number of rotatable bonds is 4. The summed E-state index contributed by atoms with van der Waals surface area (Å²) in [7, 11) is 0. The van der Waals surface area contributed by atoms with E-state index >= 15 is 0 Å². The lowest BCUT2D eigenvalue weighted by molar-refractivity contribution is 0.0697. The summed E-state index contributed by atoms with van der Waals surface area (Å²) in [4.78, 5) is 13.3. The Bertz CT molecular complexity index is 719. The maximum atomic E-state index is 13.3. The summed E-state index contributed by atoms with van der Waals surface area (Å²) in [6, 6.07) is 12.2. The van der Waals surface area contributed by atoms with Crippen molar-refractivity contribution >= 4 is 5.97 Å². The predicted octanol–water partition coefficient (Wildman–Crippen LogP) is 4.21. The van der Waals surface area contributed by atoms with E-state index in [9.17, 15) is 9.18 Å². The van der Waals surface area contributed by atoms with Crippen LogP contribution < -0.4 is 0 Å². The number of carboxylic acid groups (broad SMARTS) is 1. The monoisotopic (exact) mass is 327 g/mol. The van der Waals surface area contributed by atoms with Crippen LogP contribution in [-0.4, -0.2) is 29.1 Å². The zero-order chi connectivity index (χ0) is 17.1. The fourth-order valence-corrected chi connectivity index (χ4v) is 3.51. The smallest absolute Gasteiger partial charge is 0.335 e. The lowest BCUT2D eigenvalue weighted by Crippen LogP contribution is -2.32. The van der Waals surface area contributed by atoms with Gasteiger partial charge in [0.05, 0.1) is 5.56 Å². The van der Waals surface area contributed by atoms with Gasteiger partial charge < -0.3 is 5.11 Å². The highest BCUT2D eigenvalue weighted by atomic mass is 19.1. The second-order valence-corrected chi connectivity index (χ2v) is 6.55. The summed E-state index contributed by atoms with van der Waals surface area (Å²) in [6.45, 7) is 4.83. The van der Waals surface area contributed by atoms with Gasteiger partial charge in [-0.3, -0.25) is 4.90 Å². The lowest BCUT2D eigenvalue weighted by atomic mass is 9.86. The van der Waals surface area contributed by atoms with Gasteiger partial charge in [0.15, 0.2) is 0 Å². The Morgan fingerprint density at radius 3 is 2.42 bits per heavy atom. The summed E-state index contributed by atoms with van der Waals surface area (Å²) < 4.78 is 13.3. The van der Waals surface area contributed by atoms with E-state index in [1.54, 1.807) is 24.3 Å². The Morgan fingerprint density at radius 2 is 1.83 bits per heavy atom. The molecule has 0 aliphatic carbocycles. The first-order valence-corrected chi connectivity index (χ1v) is 8.33. The topological polar surface area (TPSA) is 40.5 Å². The van der Waals surface area contributed by atoms with E-state index in [1.165, 1.54) is 5.56 Å². The lowest BCUT2D eigenvalue weighted by Gasteiger charge is -2.32. The molecule has 2 aromatic rings. The van der Waals surface area contributed by atoms with Crippen LogP contribution in [0.25, 0.3) is 0 Å². The Morgan fingerprint density at radius 1 is 1.17 bits per heavy atom. The maximum absolute atomic E-state index is 13.3. The van der Waals surface area contributed by atoms with Gasteiger partial charge in [-0.05, 0) is 79.7 Å². The molecule has 0 spiro atoms. The molecule has 3 rings (SSSR count). The minimum Gasteiger partial charge on any atom is -0.478 e. The van der Waals surface area contributed by atoms with Crippen molar-refractivity contribution in [1.82, 2.24) is 4.90 Å². The highest BCUT2D eigenvalue weighted by Crippen LogP contribution is 2.31. The number of carboxylic acids is 1. The zero-order valence-electron chi connectivity index (χ0n) is 13.8. The van der Waals surface area contributed by atoms with Crippen molar-refractivity contribution in [3.05, 3.63) is 70.5 Å². The molecule has 126 valence electrons. The summed E-state index contributed by atoms with van der Waals surface area (Å²) >= 11 is 0. The number of aryl methyl sites for hydroxylation is 1. The second kappa shape index (κ2) is 7.14. The molecule has 1 fully saturated rings. The van der Waals surface area contributed by atoms with E-state index in [0.717, 1.165) is 43.6 Å². The molecule has 0 aromatic heterocycles. The summed E-state index contributed by atoms with van der Waals surface area (Å²) in [5, 5.41) is 8.94. The Balaban J connectivity index is 1.58. The first kappa shape index (κ1) is 16.7. The molecule has 0 atom stereocenters. The molecule has 0 radical (unpaired) electrons. The van der Waals surface area contributed by atoms with Crippen LogP contribution >= 0.6 is 0 Å². The molecular formula is C20H22FNO2. The zero-order valence-corrected chi connectivity index (χ0v) is 13.8. The minimum atomic E-state index is -0.892. The van der Waals surface area contributed by atoms with Gasteiger partial charge in [0.1, 0.15) is 5.82 Å². The summed E-state index contributed by atoms with van der Waals surface area (Å²) in [5.41, 5.74) is 3.76. The Labute approximate surface area is 141 Å². The Kier molecular flexibility index (Phi) is 4.95. The normalized spacial score (nSPS) is 16.2. The number of hydrogen-bond acceptors (Lipinski definition) is 2. The van der Waals surface area contributed by atoms with Gasteiger partial charge >= 0.3 is 5.97 Å². The number of benzene rings is 2. The Hall–Kier alpha value is -2.20. The number of halogens is 1. The molecule has 24 heavy (non-hydrogen) atoms. The van der Waals surface area contributed by atoms with Gasteiger partial charge in [-0.1, -0.05) is 18.2 Å². The highest BCUT2D eigenvalue weighted by Gasteiger charge is 2.22. The number of piperidine rings is 1. The number of likely N-dealkylation sites (tertiary alicyclic amines) is 1. The number of nitrogens with zero attached hydrogens (tertiary/aromatic N) is 1. The van der Waals surface area contributed by atoms with Crippen LogP contribution in [0.5, 0.6) is 0 Å². The van der Waals surface area contributed by atoms with Gasteiger partial charge in [0.25, 0.3) is 0 Å². The molecule has 3 nitrogen and oxygen atoms in total. The van der Waals surface area contributed by atoms with Crippen molar-refractivity contribution in [1.29, 1.82) is 0 Å². The van der Waals surface area contributed by atoms with Crippen molar-refractivity contribution in [3.63, 3.8) is 0 Å². The quantitative estimate of drug-likeness (QED) is 0.914. The molecule has 0 amide bonds. The van der Waals surface area contributed by atoms with Crippen molar-refractivity contribution in [2.24, 2.45) is 0 Å². The standard InChI is InChI=1S/C20H22FNO2/c1-14-12-18(21)6-7-19(14)16-8-10-22(11-9-16)13-15-2-4-17(5-3-15)20(23)24/h2-7,12,16H,8-11,13H2,1H3,(H,23,24). The predicted molar refractivity (Wildman–Crippen MR) is 91.8 cm³/mol. The molecule has 1 saturated heterocycles. The van der Waals surface area contributed by atoms with Crippen LogP contribution in [-0.2, 0) is 6.54 Å². The van der Waals surface area contributed by atoms with Crippen molar-refractivity contribution in [2.45, 2.75) is 32.2 Å². The third-order valence-electron chi connectivity index (χ3n) is 4.87. The molecular weight excluding hydrogens is 305 g/mol. The van der Waals surface area contributed by atoms with Gasteiger partial charge in [-0.15, -0.1) is 0 Å². The molecule has 4 heteroatoms. The van der Waals surface area contributed by atoms with E-state index in [1.807, 2.05) is 25.1 Å². The average molecular weight is 327 g/mol. The van der Waals surface area contributed by atoms with E-state index in [-0.39, 0.29) is 5.82 Å². The highest BCUT2D eigenvalue weighted by molar-refractivity contribution is 5.87. The van der Waals surface area contributed by atoms with Crippen LogP contribution in [0.3, 0.4) is 0 Å². The second-order valence-electron chi connectivity index (χ2n) is 6.55. The van der Waals surface area contributed by atoms with E-state index in [4.69, 9.17) is 5.11 Å². The largest absolute Gasteiger partial charge is 0.478 e.